The largest absolute Gasteiger partial charge is 0.317 e. The zero-order chi connectivity index (χ0) is 15.0. The van der Waals surface area contributed by atoms with Gasteiger partial charge in [-0.2, -0.15) is 0 Å². The van der Waals surface area contributed by atoms with Gasteiger partial charge in [-0.25, -0.2) is 4.39 Å². The summed E-state index contributed by atoms with van der Waals surface area (Å²) in [6.07, 6.45) is 3.47. The van der Waals surface area contributed by atoms with E-state index in [0.717, 1.165) is 31.5 Å². The summed E-state index contributed by atoms with van der Waals surface area (Å²) in [5.74, 6) is -0.108. The van der Waals surface area contributed by atoms with Gasteiger partial charge in [0.1, 0.15) is 5.82 Å². The third-order valence-corrected chi connectivity index (χ3v) is 4.06. The molecule has 0 spiro atoms. The molecule has 0 bridgehead atoms. The molecule has 1 rings (SSSR count). The molecule has 0 radical (unpaired) electrons. The molecule has 2 nitrogen and oxygen atoms in total. The molecule has 0 fully saturated rings. The standard InChI is InChI=1S/C17H29FN2/c1-5-12-19-13-8-9-14(2)20(4)15(3)16-10-6-7-11-17(16)18/h6-7,10-11,14-15,19H,5,8-9,12-13H2,1-4H3. The van der Waals surface area contributed by atoms with Crippen molar-refractivity contribution in [3.63, 3.8) is 0 Å². The lowest BCUT2D eigenvalue weighted by molar-refractivity contribution is 0.183. The zero-order valence-corrected chi connectivity index (χ0v) is 13.3. The number of nitrogens with zero attached hydrogens (tertiary/aromatic N) is 1. The smallest absolute Gasteiger partial charge is 0.127 e. The average Bonchev–Trinajstić information content (AvgIpc) is 2.46. The Morgan fingerprint density at radius 2 is 1.90 bits per heavy atom. The van der Waals surface area contributed by atoms with E-state index >= 15 is 0 Å². The zero-order valence-electron chi connectivity index (χ0n) is 13.3. The molecule has 0 aliphatic rings. The number of benzene rings is 1. The van der Waals surface area contributed by atoms with Gasteiger partial charge in [0.15, 0.2) is 0 Å². The molecule has 20 heavy (non-hydrogen) atoms. The Hall–Kier alpha value is -0.930. The van der Waals surface area contributed by atoms with Crippen LogP contribution in [0.15, 0.2) is 24.3 Å². The summed E-state index contributed by atoms with van der Waals surface area (Å²) in [6.45, 7) is 8.64. The minimum absolute atomic E-state index is 0.106. The van der Waals surface area contributed by atoms with Crippen molar-refractivity contribution in [3.05, 3.63) is 35.6 Å². The van der Waals surface area contributed by atoms with Gasteiger partial charge in [0.25, 0.3) is 0 Å². The molecule has 1 N–H and O–H groups in total. The molecule has 0 heterocycles. The van der Waals surface area contributed by atoms with Crippen molar-refractivity contribution in [2.45, 2.75) is 52.1 Å². The Kier molecular flexibility index (Phi) is 7.78. The highest BCUT2D eigenvalue weighted by Crippen LogP contribution is 2.24. The minimum Gasteiger partial charge on any atom is -0.317 e. The van der Waals surface area contributed by atoms with Gasteiger partial charge < -0.3 is 5.32 Å². The summed E-state index contributed by atoms with van der Waals surface area (Å²) in [4.78, 5) is 2.26. The van der Waals surface area contributed by atoms with Gasteiger partial charge in [0.2, 0.25) is 0 Å². The second kappa shape index (κ2) is 9.09. The molecular weight excluding hydrogens is 251 g/mol. The lowest BCUT2D eigenvalue weighted by atomic mass is 10.0. The van der Waals surface area contributed by atoms with Crippen molar-refractivity contribution in [3.8, 4) is 0 Å². The normalized spacial score (nSPS) is 14.5. The van der Waals surface area contributed by atoms with E-state index in [1.165, 1.54) is 6.42 Å². The Bertz CT molecular complexity index is 381. The molecule has 2 unspecified atom stereocenters. The number of rotatable bonds is 9. The highest BCUT2D eigenvalue weighted by atomic mass is 19.1. The fourth-order valence-electron chi connectivity index (χ4n) is 2.44. The van der Waals surface area contributed by atoms with E-state index in [-0.39, 0.29) is 11.9 Å². The fraction of sp³-hybridized carbons (Fsp3) is 0.647. The van der Waals surface area contributed by atoms with Crippen LogP contribution in [0, 0.1) is 5.82 Å². The summed E-state index contributed by atoms with van der Waals surface area (Å²) in [6, 6.07) is 7.63. The van der Waals surface area contributed by atoms with Gasteiger partial charge in [-0.1, -0.05) is 25.1 Å². The van der Waals surface area contributed by atoms with Crippen LogP contribution < -0.4 is 5.32 Å². The third-order valence-electron chi connectivity index (χ3n) is 4.06. The molecule has 0 aromatic heterocycles. The molecule has 114 valence electrons. The van der Waals surface area contributed by atoms with E-state index in [2.05, 4.69) is 38.0 Å². The SMILES string of the molecule is CCCNCCCC(C)N(C)C(C)c1ccccc1F. The molecule has 3 heteroatoms. The highest BCUT2D eigenvalue weighted by molar-refractivity contribution is 5.20. The number of nitrogens with one attached hydrogen (secondary N) is 1. The van der Waals surface area contributed by atoms with Crippen LogP contribution in [-0.2, 0) is 0 Å². The topological polar surface area (TPSA) is 15.3 Å². The summed E-state index contributed by atoms with van der Waals surface area (Å²) in [5.41, 5.74) is 0.783. The molecule has 0 aliphatic carbocycles. The Morgan fingerprint density at radius 1 is 1.20 bits per heavy atom. The molecule has 0 saturated heterocycles. The van der Waals surface area contributed by atoms with Gasteiger partial charge in [-0.15, -0.1) is 0 Å². The van der Waals surface area contributed by atoms with Gasteiger partial charge in [0, 0.05) is 17.6 Å². The van der Waals surface area contributed by atoms with E-state index in [4.69, 9.17) is 0 Å². The van der Waals surface area contributed by atoms with Crippen LogP contribution in [-0.4, -0.2) is 31.1 Å². The second-order valence-corrected chi connectivity index (χ2v) is 5.60. The first kappa shape index (κ1) is 17.1. The van der Waals surface area contributed by atoms with Crippen molar-refractivity contribution in [1.82, 2.24) is 10.2 Å². The van der Waals surface area contributed by atoms with Crippen molar-refractivity contribution < 1.29 is 4.39 Å². The van der Waals surface area contributed by atoms with Gasteiger partial charge in [-0.05, 0) is 59.3 Å². The summed E-state index contributed by atoms with van der Waals surface area (Å²) in [5, 5.41) is 3.42. The Balaban J connectivity index is 2.43. The summed E-state index contributed by atoms with van der Waals surface area (Å²) in [7, 11) is 2.08. The highest BCUT2D eigenvalue weighted by Gasteiger charge is 2.19. The van der Waals surface area contributed by atoms with E-state index < -0.39 is 0 Å². The molecule has 0 saturated carbocycles. The maximum atomic E-state index is 13.8. The van der Waals surface area contributed by atoms with Crippen LogP contribution in [0.5, 0.6) is 0 Å². The minimum atomic E-state index is -0.108. The quantitative estimate of drug-likeness (QED) is 0.688. The molecule has 1 aromatic carbocycles. The molecule has 1 aromatic rings. The average molecular weight is 280 g/mol. The van der Waals surface area contributed by atoms with Crippen molar-refractivity contribution in [2.75, 3.05) is 20.1 Å². The lowest BCUT2D eigenvalue weighted by Gasteiger charge is -2.31. The summed E-state index contributed by atoms with van der Waals surface area (Å²) < 4.78 is 13.8. The maximum Gasteiger partial charge on any atom is 0.127 e. The number of halogens is 1. The maximum absolute atomic E-state index is 13.8. The molecule has 0 amide bonds. The second-order valence-electron chi connectivity index (χ2n) is 5.60. The first-order valence-corrected chi connectivity index (χ1v) is 7.75. The predicted octanol–water partition coefficient (Wildman–Crippen LogP) is 3.99. The van der Waals surface area contributed by atoms with Crippen molar-refractivity contribution >= 4 is 0 Å². The first-order chi connectivity index (χ1) is 9.57. The van der Waals surface area contributed by atoms with Crippen LogP contribution in [0.3, 0.4) is 0 Å². The van der Waals surface area contributed by atoms with Gasteiger partial charge >= 0.3 is 0 Å². The molecule has 0 aliphatic heterocycles. The lowest BCUT2D eigenvalue weighted by Crippen LogP contribution is -2.32. The van der Waals surface area contributed by atoms with Crippen molar-refractivity contribution in [1.29, 1.82) is 0 Å². The van der Waals surface area contributed by atoms with Crippen LogP contribution in [0.2, 0.25) is 0 Å². The van der Waals surface area contributed by atoms with Gasteiger partial charge in [-0.3, -0.25) is 4.90 Å². The van der Waals surface area contributed by atoms with Gasteiger partial charge in [0.05, 0.1) is 0 Å². The summed E-state index contributed by atoms with van der Waals surface area (Å²) >= 11 is 0. The van der Waals surface area contributed by atoms with Crippen molar-refractivity contribution in [2.24, 2.45) is 0 Å². The number of hydrogen-bond donors (Lipinski definition) is 1. The predicted molar refractivity (Wildman–Crippen MR) is 84.4 cm³/mol. The first-order valence-electron chi connectivity index (χ1n) is 7.75. The van der Waals surface area contributed by atoms with Crippen LogP contribution in [0.4, 0.5) is 4.39 Å². The fourth-order valence-corrected chi connectivity index (χ4v) is 2.44. The number of hydrogen-bond acceptors (Lipinski definition) is 2. The van der Waals surface area contributed by atoms with E-state index in [1.54, 1.807) is 12.1 Å². The molecular formula is C17H29FN2. The molecule has 2 atom stereocenters. The van der Waals surface area contributed by atoms with Crippen LogP contribution in [0.1, 0.15) is 51.6 Å². The Labute approximate surface area is 123 Å². The van der Waals surface area contributed by atoms with Crippen LogP contribution in [0.25, 0.3) is 0 Å². The monoisotopic (exact) mass is 280 g/mol. The van der Waals surface area contributed by atoms with E-state index in [0.29, 0.717) is 6.04 Å². The van der Waals surface area contributed by atoms with E-state index in [1.807, 2.05) is 12.1 Å². The van der Waals surface area contributed by atoms with E-state index in [9.17, 15) is 4.39 Å². The van der Waals surface area contributed by atoms with Crippen LogP contribution >= 0.6 is 0 Å². The Morgan fingerprint density at radius 3 is 2.55 bits per heavy atom. The third kappa shape index (κ3) is 5.22.